The van der Waals surface area contributed by atoms with Crippen LogP contribution in [0.1, 0.15) is 24.8 Å². The molecule has 0 amide bonds. The molecule has 0 aliphatic heterocycles. The van der Waals surface area contributed by atoms with Gasteiger partial charge in [-0.05, 0) is 115 Å². The van der Waals surface area contributed by atoms with E-state index in [2.05, 4.69) is 164 Å². The van der Waals surface area contributed by atoms with Gasteiger partial charge in [0.25, 0.3) is 0 Å². The Bertz CT molecular complexity index is 3230. The van der Waals surface area contributed by atoms with Gasteiger partial charge in [0.2, 0.25) is 0 Å². The minimum absolute atomic E-state index is 0.607. The quantitative estimate of drug-likeness (QED) is 0.167. The average Bonchev–Trinajstić information content (AvgIpc) is 3.82. The van der Waals surface area contributed by atoms with Gasteiger partial charge in [-0.1, -0.05) is 146 Å². The van der Waals surface area contributed by atoms with Gasteiger partial charge in [-0.3, -0.25) is 0 Å². The Morgan fingerprint density at radius 1 is 0.519 bits per heavy atom. The van der Waals surface area contributed by atoms with E-state index in [0.29, 0.717) is 5.92 Å². The minimum atomic E-state index is 0.607. The number of para-hydroxylation sites is 1. The number of furan rings is 1. The highest BCUT2D eigenvalue weighted by Crippen LogP contribution is 2.49. The number of rotatable bonds is 3. The molecule has 0 N–H and O–H groups in total. The zero-order valence-corrected chi connectivity index (χ0v) is 30.4. The maximum atomic E-state index is 6.60. The molecular formula is C52H34OS. The molecule has 0 saturated heterocycles. The maximum absolute atomic E-state index is 6.60. The molecule has 1 nitrogen and oxygen atoms in total. The van der Waals surface area contributed by atoms with Crippen LogP contribution in [0.3, 0.4) is 0 Å². The molecule has 1 atom stereocenters. The van der Waals surface area contributed by atoms with Crippen molar-refractivity contribution in [3.8, 4) is 22.3 Å². The fourth-order valence-electron chi connectivity index (χ4n) is 9.66. The molecule has 12 rings (SSSR count). The summed E-state index contributed by atoms with van der Waals surface area (Å²) >= 11 is 1.84. The van der Waals surface area contributed by atoms with Crippen molar-refractivity contribution in [1.82, 2.24) is 0 Å². The van der Waals surface area contributed by atoms with Gasteiger partial charge in [0.1, 0.15) is 5.58 Å². The molecular weight excluding hydrogens is 673 g/mol. The summed E-state index contributed by atoms with van der Waals surface area (Å²) < 4.78 is 9.10. The average molecular weight is 707 g/mol. The van der Waals surface area contributed by atoms with Crippen molar-refractivity contribution in [2.75, 3.05) is 0 Å². The van der Waals surface area contributed by atoms with E-state index in [1.54, 1.807) is 0 Å². The first-order valence-corrected chi connectivity index (χ1v) is 19.9. The van der Waals surface area contributed by atoms with E-state index in [0.717, 1.165) is 17.6 Å². The number of fused-ring (bicyclic) bond motifs is 13. The Balaban J connectivity index is 1.01. The van der Waals surface area contributed by atoms with Crippen LogP contribution in [0.25, 0.3) is 102 Å². The summed E-state index contributed by atoms with van der Waals surface area (Å²) in [5.74, 6) is 0.607. The fourth-order valence-corrected chi connectivity index (χ4v) is 10.8. The van der Waals surface area contributed by atoms with Crippen molar-refractivity contribution in [3.63, 3.8) is 0 Å². The van der Waals surface area contributed by atoms with E-state index in [9.17, 15) is 0 Å². The second-order valence-electron chi connectivity index (χ2n) is 15.0. The second-order valence-corrected chi connectivity index (χ2v) is 16.1. The molecule has 0 spiro atoms. The summed E-state index contributed by atoms with van der Waals surface area (Å²) in [5.41, 5.74) is 11.3. The van der Waals surface area contributed by atoms with Crippen LogP contribution in [0.5, 0.6) is 0 Å². The van der Waals surface area contributed by atoms with Crippen LogP contribution in [0, 0.1) is 5.92 Å². The highest BCUT2D eigenvalue weighted by atomic mass is 32.1. The lowest BCUT2D eigenvalue weighted by Gasteiger charge is -2.27. The number of allylic oxidation sites excluding steroid dienone is 6. The van der Waals surface area contributed by atoms with Gasteiger partial charge in [-0.25, -0.2) is 0 Å². The number of thiophene rings is 1. The van der Waals surface area contributed by atoms with Crippen LogP contribution in [-0.2, 0) is 0 Å². The summed E-state index contributed by atoms with van der Waals surface area (Å²) in [6.07, 6.45) is 12.9. The highest BCUT2D eigenvalue weighted by Gasteiger charge is 2.24. The molecule has 2 heteroatoms. The van der Waals surface area contributed by atoms with E-state index in [4.69, 9.17) is 4.42 Å². The van der Waals surface area contributed by atoms with E-state index < -0.39 is 0 Å². The van der Waals surface area contributed by atoms with Crippen LogP contribution in [-0.4, -0.2) is 0 Å². The molecule has 8 aromatic carbocycles. The zero-order valence-electron chi connectivity index (χ0n) is 29.6. The summed E-state index contributed by atoms with van der Waals surface area (Å²) in [6, 6.07) is 51.6. The predicted molar refractivity (Wildman–Crippen MR) is 233 cm³/mol. The largest absolute Gasteiger partial charge is 0.455 e. The smallest absolute Gasteiger partial charge is 0.153 e. The van der Waals surface area contributed by atoms with Crippen LogP contribution in [0.4, 0.5) is 0 Å². The first-order valence-electron chi connectivity index (χ1n) is 19.1. The van der Waals surface area contributed by atoms with Gasteiger partial charge in [0.05, 0.1) is 4.70 Å². The lowest BCUT2D eigenvalue weighted by Crippen LogP contribution is -2.10. The lowest BCUT2D eigenvalue weighted by atomic mass is 9.77. The first kappa shape index (κ1) is 30.3. The normalized spacial score (nSPS) is 15.9. The highest BCUT2D eigenvalue weighted by molar-refractivity contribution is 7.26. The molecule has 10 aromatic rings. The second kappa shape index (κ2) is 11.6. The Hall–Kier alpha value is -6.22. The third-order valence-electron chi connectivity index (χ3n) is 12.1. The van der Waals surface area contributed by atoms with Crippen molar-refractivity contribution in [3.05, 3.63) is 175 Å². The Labute approximate surface area is 316 Å². The van der Waals surface area contributed by atoms with Crippen molar-refractivity contribution < 1.29 is 4.42 Å². The summed E-state index contributed by atoms with van der Waals surface area (Å²) in [7, 11) is 0. The molecule has 1 unspecified atom stereocenters. The van der Waals surface area contributed by atoms with Crippen LogP contribution >= 0.6 is 11.3 Å². The van der Waals surface area contributed by atoms with Gasteiger partial charge in [0, 0.05) is 26.2 Å². The third-order valence-corrected chi connectivity index (χ3v) is 13.3. The van der Waals surface area contributed by atoms with Crippen molar-refractivity contribution in [2.24, 2.45) is 5.92 Å². The van der Waals surface area contributed by atoms with Crippen LogP contribution in [0.15, 0.2) is 174 Å². The number of hydrogen-bond donors (Lipinski definition) is 0. The van der Waals surface area contributed by atoms with Crippen LogP contribution in [0.2, 0.25) is 0 Å². The van der Waals surface area contributed by atoms with E-state index in [1.165, 1.54) is 115 Å². The summed E-state index contributed by atoms with van der Waals surface area (Å²) in [6.45, 7) is 0. The molecule has 2 heterocycles. The van der Waals surface area contributed by atoms with Crippen molar-refractivity contribution in [2.45, 2.75) is 19.3 Å². The molecule has 54 heavy (non-hydrogen) atoms. The molecule has 254 valence electrons. The minimum Gasteiger partial charge on any atom is -0.455 e. The van der Waals surface area contributed by atoms with E-state index >= 15 is 0 Å². The van der Waals surface area contributed by atoms with Gasteiger partial charge < -0.3 is 4.42 Å². The third kappa shape index (κ3) is 4.38. The zero-order chi connectivity index (χ0) is 35.3. The van der Waals surface area contributed by atoms with Gasteiger partial charge in [-0.15, -0.1) is 11.3 Å². The monoisotopic (exact) mass is 706 g/mol. The van der Waals surface area contributed by atoms with Gasteiger partial charge in [0.15, 0.2) is 5.58 Å². The topological polar surface area (TPSA) is 13.1 Å². The van der Waals surface area contributed by atoms with E-state index in [-0.39, 0.29) is 0 Å². The van der Waals surface area contributed by atoms with Gasteiger partial charge >= 0.3 is 0 Å². The molecule has 0 radical (unpaired) electrons. The number of hydrogen-bond acceptors (Lipinski definition) is 2. The number of benzene rings is 8. The van der Waals surface area contributed by atoms with Gasteiger partial charge in [-0.2, -0.15) is 0 Å². The lowest BCUT2D eigenvalue weighted by molar-refractivity contribution is 0.573. The molecule has 2 aliphatic rings. The Morgan fingerprint density at radius 2 is 1.13 bits per heavy atom. The first-order chi connectivity index (χ1) is 26.8. The Kier molecular flexibility index (Phi) is 6.52. The van der Waals surface area contributed by atoms with Crippen LogP contribution < -0.4 is 0 Å². The Morgan fingerprint density at radius 3 is 1.87 bits per heavy atom. The molecule has 2 aromatic heterocycles. The SMILES string of the molecule is C1=CC2=CC=C(c3c4ccccc4c(-c4ccc(-c5ccc6sc7c8oc9ccccc9c8c8ccccc8c7c6c5)cc4)c4ccccc34)CC2CC1. The van der Waals surface area contributed by atoms with E-state index in [1.807, 2.05) is 11.3 Å². The molecule has 0 saturated carbocycles. The molecule has 0 bridgehead atoms. The summed E-state index contributed by atoms with van der Waals surface area (Å²) in [5, 5.41) is 12.8. The predicted octanol–water partition coefficient (Wildman–Crippen LogP) is 15.4. The summed E-state index contributed by atoms with van der Waals surface area (Å²) in [4.78, 5) is 0. The standard InChI is InChI=1S/C52H34OS/c1-2-12-34-29-36(26-23-31(34)11-1)48-39-15-5-3-13-37(39)47(38-14-4-6-16-40(38)48)33-24-21-32(22-25-33)35-27-28-46-44(30-35)50-42-18-8-7-17-41(42)49-43-19-9-10-20-45(43)53-51(49)52(50)54-46/h1,3-11,13-28,30,34H,2,12,29H2. The maximum Gasteiger partial charge on any atom is 0.153 e. The van der Waals surface area contributed by atoms with Crippen molar-refractivity contribution in [1.29, 1.82) is 0 Å². The van der Waals surface area contributed by atoms with Crippen molar-refractivity contribution >= 4 is 91.3 Å². The molecule has 2 aliphatic carbocycles. The fraction of sp³-hybridized carbons (Fsp3) is 0.0769. The molecule has 0 fully saturated rings.